The summed E-state index contributed by atoms with van der Waals surface area (Å²) in [7, 11) is 0. The van der Waals surface area contributed by atoms with Crippen molar-refractivity contribution in [3.05, 3.63) is 23.8 Å². The van der Waals surface area contributed by atoms with Crippen molar-refractivity contribution in [2.45, 2.75) is 19.1 Å². The molecule has 0 fully saturated rings. The van der Waals surface area contributed by atoms with E-state index in [1.807, 2.05) is 18.2 Å². The number of rotatable bonds is 6. The standard InChI is InChI=1S/C14H18F3NO3/c15-14(16,17)10-19-7-4-18-9-11-2-3-12-13(8-11)21-6-1-5-20-12/h2-3,8,18H,1,4-7,9-10H2. The predicted octanol–water partition coefficient (Wildman–Crippen LogP) is 2.52. The SMILES string of the molecule is FC(F)(F)COCCNCc1ccc2c(c1)OCCCO2. The van der Waals surface area contributed by atoms with Gasteiger partial charge in [-0.15, -0.1) is 0 Å². The molecule has 4 nitrogen and oxygen atoms in total. The maximum Gasteiger partial charge on any atom is 0.411 e. The van der Waals surface area contributed by atoms with E-state index in [0.717, 1.165) is 17.7 Å². The zero-order valence-electron chi connectivity index (χ0n) is 11.5. The molecule has 118 valence electrons. The van der Waals surface area contributed by atoms with Gasteiger partial charge in [0.2, 0.25) is 0 Å². The third-order valence-electron chi connectivity index (χ3n) is 2.83. The van der Waals surface area contributed by atoms with E-state index in [0.29, 0.717) is 32.1 Å². The molecule has 0 saturated heterocycles. The second kappa shape index (κ2) is 7.51. The minimum Gasteiger partial charge on any atom is -0.490 e. The zero-order chi connectivity index (χ0) is 15.1. The van der Waals surface area contributed by atoms with Gasteiger partial charge in [-0.1, -0.05) is 6.07 Å². The van der Waals surface area contributed by atoms with Crippen molar-refractivity contribution in [3.8, 4) is 11.5 Å². The van der Waals surface area contributed by atoms with Crippen LogP contribution in [0.2, 0.25) is 0 Å². The number of halogens is 3. The van der Waals surface area contributed by atoms with Crippen LogP contribution in [0.5, 0.6) is 11.5 Å². The smallest absolute Gasteiger partial charge is 0.411 e. The lowest BCUT2D eigenvalue weighted by atomic mass is 10.2. The summed E-state index contributed by atoms with van der Waals surface area (Å²) in [6, 6.07) is 5.62. The minimum absolute atomic E-state index is 0.0179. The molecule has 0 unspecified atom stereocenters. The van der Waals surface area contributed by atoms with E-state index in [4.69, 9.17) is 9.47 Å². The normalized spacial score (nSPS) is 14.8. The molecule has 1 aromatic rings. The average molecular weight is 305 g/mol. The summed E-state index contributed by atoms with van der Waals surface area (Å²) >= 11 is 0. The van der Waals surface area contributed by atoms with Crippen LogP contribution < -0.4 is 14.8 Å². The molecule has 1 heterocycles. The molecule has 0 aliphatic carbocycles. The quantitative estimate of drug-likeness (QED) is 0.820. The summed E-state index contributed by atoms with van der Waals surface area (Å²) in [5, 5.41) is 3.02. The molecule has 0 atom stereocenters. The second-order valence-corrected chi connectivity index (χ2v) is 4.68. The van der Waals surface area contributed by atoms with E-state index in [9.17, 15) is 13.2 Å². The van der Waals surface area contributed by atoms with E-state index in [1.54, 1.807) is 0 Å². The van der Waals surface area contributed by atoms with Crippen LogP contribution in [0.25, 0.3) is 0 Å². The number of ether oxygens (including phenoxy) is 3. The average Bonchev–Trinajstić information content (AvgIpc) is 2.66. The molecule has 0 bridgehead atoms. The van der Waals surface area contributed by atoms with Crippen molar-refractivity contribution < 1.29 is 27.4 Å². The number of alkyl halides is 3. The molecular weight excluding hydrogens is 287 g/mol. The molecule has 2 rings (SSSR count). The van der Waals surface area contributed by atoms with Gasteiger partial charge in [0, 0.05) is 19.5 Å². The van der Waals surface area contributed by atoms with Crippen LogP contribution in [0.4, 0.5) is 13.2 Å². The fraction of sp³-hybridized carbons (Fsp3) is 0.571. The molecule has 0 saturated carbocycles. The van der Waals surface area contributed by atoms with Crippen LogP contribution in [0.3, 0.4) is 0 Å². The van der Waals surface area contributed by atoms with Crippen molar-refractivity contribution >= 4 is 0 Å². The molecule has 7 heteroatoms. The number of fused-ring (bicyclic) bond motifs is 1. The van der Waals surface area contributed by atoms with Crippen LogP contribution in [-0.4, -0.2) is 39.1 Å². The monoisotopic (exact) mass is 305 g/mol. The molecule has 0 spiro atoms. The van der Waals surface area contributed by atoms with Crippen LogP contribution in [0.1, 0.15) is 12.0 Å². The van der Waals surface area contributed by atoms with E-state index in [2.05, 4.69) is 10.1 Å². The predicted molar refractivity (Wildman–Crippen MR) is 70.6 cm³/mol. The molecule has 21 heavy (non-hydrogen) atoms. The maximum atomic E-state index is 11.9. The van der Waals surface area contributed by atoms with Gasteiger partial charge in [-0.2, -0.15) is 13.2 Å². The van der Waals surface area contributed by atoms with E-state index in [1.165, 1.54) is 0 Å². The number of hydrogen-bond acceptors (Lipinski definition) is 4. The van der Waals surface area contributed by atoms with E-state index in [-0.39, 0.29) is 6.61 Å². The Balaban J connectivity index is 1.70. The summed E-state index contributed by atoms with van der Waals surface area (Å²) in [4.78, 5) is 0. The van der Waals surface area contributed by atoms with Gasteiger partial charge < -0.3 is 19.5 Å². The Morgan fingerprint density at radius 1 is 1.14 bits per heavy atom. The molecule has 0 aromatic heterocycles. The summed E-state index contributed by atoms with van der Waals surface area (Å²) in [5.41, 5.74) is 0.982. The number of nitrogens with one attached hydrogen (secondary N) is 1. The molecule has 1 aliphatic heterocycles. The maximum absolute atomic E-state index is 11.9. The van der Waals surface area contributed by atoms with Crippen molar-refractivity contribution in [2.24, 2.45) is 0 Å². The van der Waals surface area contributed by atoms with Gasteiger partial charge in [0.25, 0.3) is 0 Å². The Bertz CT molecular complexity index is 452. The van der Waals surface area contributed by atoms with Gasteiger partial charge in [0.1, 0.15) is 6.61 Å². The van der Waals surface area contributed by atoms with Gasteiger partial charge in [-0.25, -0.2) is 0 Å². The first kappa shape index (κ1) is 15.9. The lowest BCUT2D eigenvalue weighted by Gasteiger charge is -2.11. The van der Waals surface area contributed by atoms with E-state index >= 15 is 0 Å². The van der Waals surface area contributed by atoms with E-state index < -0.39 is 12.8 Å². The fourth-order valence-electron chi connectivity index (χ4n) is 1.88. The zero-order valence-corrected chi connectivity index (χ0v) is 11.5. The van der Waals surface area contributed by atoms with Gasteiger partial charge in [0.15, 0.2) is 11.5 Å². The highest BCUT2D eigenvalue weighted by atomic mass is 19.4. The molecule has 1 aromatic carbocycles. The molecule has 0 radical (unpaired) electrons. The van der Waals surface area contributed by atoms with Crippen LogP contribution in [0.15, 0.2) is 18.2 Å². The third-order valence-corrected chi connectivity index (χ3v) is 2.83. The minimum atomic E-state index is -4.27. The fourth-order valence-corrected chi connectivity index (χ4v) is 1.88. The highest BCUT2D eigenvalue weighted by Crippen LogP contribution is 2.30. The summed E-state index contributed by atoms with van der Waals surface area (Å²) in [6.07, 6.45) is -3.42. The van der Waals surface area contributed by atoms with Crippen LogP contribution in [0, 0.1) is 0 Å². The van der Waals surface area contributed by atoms with Crippen molar-refractivity contribution in [1.82, 2.24) is 5.32 Å². The first-order valence-electron chi connectivity index (χ1n) is 6.78. The topological polar surface area (TPSA) is 39.7 Å². The Kier molecular flexibility index (Phi) is 5.69. The summed E-state index contributed by atoms with van der Waals surface area (Å²) in [6.45, 7) is 0.954. The second-order valence-electron chi connectivity index (χ2n) is 4.68. The lowest BCUT2D eigenvalue weighted by Crippen LogP contribution is -2.23. The summed E-state index contributed by atoms with van der Waals surface area (Å²) < 4.78 is 51.2. The third kappa shape index (κ3) is 5.81. The number of benzene rings is 1. The van der Waals surface area contributed by atoms with Gasteiger partial charge in [0.05, 0.1) is 19.8 Å². The largest absolute Gasteiger partial charge is 0.490 e. The molecular formula is C14H18F3NO3. The highest BCUT2D eigenvalue weighted by Gasteiger charge is 2.27. The van der Waals surface area contributed by atoms with Crippen molar-refractivity contribution in [3.63, 3.8) is 0 Å². The number of hydrogen-bond donors (Lipinski definition) is 1. The molecule has 1 aliphatic rings. The first-order valence-corrected chi connectivity index (χ1v) is 6.78. The van der Waals surface area contributed by atoms with Crippen molar-refractivity contribution in [1.29, 1.82) is 0 Å². The molecule has 1 N–H and O–H groups in total. The first-order chi connectivity index (χ1) is 10.0. The Labute approximate surface area is 121 Å². The lowest BCUT2D eigenvalue weighted by molar-refractivity contribution is -0.173. The van der Waals surface area contributed by atoms with Gasteiger partial charge >= 0.3 is 6.18 Å². The molecule has 0 amide bonds. The Hall–Kier alpha value is -1.47. The Morgan fingerprint density at radius 3 is 2.67 bits per heavy atom. The van der Waals surface area contributed by atoms with Gasteiger partial charge in [-0.3, -0.25) is 0 Å². The van der Waals surface area contributed by atoms with Crippen molar-refractivity contribution in [2.75, 3.05) is 33.0 Å². The highest BCUT2D eigenvalue weighted by molar-refractivity contribution is 5.43. The van der Waals surface area contributed by atoms with Crippen LogP contribution >= 0.6 is 0 Å². The Morgan fingerprint density at radius 2 is 1.90 bits per heavy atom. The van der Waals surface area contributed by atoms with Crippen LogP contribution in [-0.2, 0) is 11.3 Å². The summed E-state index contributed by atoms with van der Waals surface area (Å²) in [5.74, 6) is 1.44. The van der Waals surface area contributed by atoms with Gasteiger partial charge in [-0.05, 0) is 17.7 Å².